The van der Waals surface area contributed by atoms with Gasteiger partial charge in [-0.3, -0.25) is 0 Å². The zero-order chi connectivity index (χ0) is 9.10. The SMILES string of the molecule is Brc1csc(NCCC2CCC2)n1. The van der Waals surface area contributed by atoms with Crippen LogP contribution in [-0.4, -0.2) is 11.5 Å². The van der Waals surface area contributed by atoms with Crippen LogP contribution in [0.15, 0.2) is 9.98 Å². The Bertz CT molecular complexity index is 270. The Morgan fingerprint density at radius 3 is 3.00 bits per heavy atom. The first kappa shape index (κ1) is 9.46. The minimum atomic E-state index is 0.934. The van der Waals surface area contributed by atoms with Crippen LogP contribution in [0.1, 0.15) is 25.7 Å². The minimum Gasteiger partial charge on any atom is -0.361 e. The fraction of sp³-hybridized carbons (Fsp3) is 0.667. The maximum atomic E-state index is 4.28. The van der Waals surface area contributed by atoms with Crippen molar-refractivity contribution in [2.45, 2.75) is 25.7 Å². The number of aromatic nitrogens is 1. The summed E-state index contributed by atoms with van der Waals surface area (Å²) in [5, 5.41) is 6.38. The van der Waals surface area contributed by atoms with Gasteiger partial charge in [-0.1, -0.05) is 19.3 Å². The number of hydrogen-bond acceptors (Lipinski definition) is 3. The number of nitrogens with one attached hydrogen (secondary N) is 1. The normalized spacial score (nSPS) is 17.0. The summed E-state index contributed by atoms with van der Waals surface area (Å²) in [5.41, 5.74) is 0. The molecule has 0 spiro atoms. The summed E-state index contributed by atoms with van der Waals surface area (Å²) in [5.74, 6) is 0.982. The van der Waals surface area contributed by atoms with Crippen molar-refractivity contribution in [3.8, 4) is 0 Å². The maximum absolute atomic E-state index is 4.28. The highest BCUT2D eigenvalue weighted by Crippen LogP contribution is 2.29. The first-order valence-corrected chi connectivity index (χ1v) is 6.37. The molecule has 1 saturated carbocycles. The Hall–Kier alpha value is -0.0900. The molecule has 0 aliphatic heterocycles. The third-order valence-corrected chi connectivity index (χ3v) is 4.04. The van der Waals surface area contributed by atoms with Gasteiger partial charge in [0.15, 0.2) is 5.13 Å². The molecule has 0 saturated heterocycles. The second kappa shape index (κ2) is 4.42. The molecule has 2 nitrogen and oxygen atoms in total. The number of hydrogen-bond donors (Lipinski definition) is 1. The number of nitrogens with zero attached hydrogens (tertiary/aromatic N) is 1. The Morgan fingerprint density at radius 1 is 1.62 bits per heavy atom. The van der Waals surface area contributed by atoms with Crippen LogP contribution < -0.4 is 5.32 Å². The Labute approximate surface area is 90.9 Å². The molecule has 0 amide bonds. The summed E-state index contributed by atoms with van der Waals surface area (Å²) in [6, 6.07) is 0. The summed E-state index contributed by atoms with van der Waals surface area (Å²) in [4.78, 5) is 4.28. The lowest BCUT2D eigenvalue weighted by Crippen LogP contribution is -2.15. The zero-order valence-electron chi connectivity index (χ0n) is 7.42. The average Bonchev–Trinajstić information content (AvgIpc) is 2.42. The van der Waals surface area contributed by atoms with Crippen LogP contribution in [0.2, 0.25) is 0 Å². The van der Waals surface area contributed by atoms with Crippen LogP contribution in [0, 0.1) is 5.92 Å². The molecule has 1 aromatic heterocycles. The molecule has 0 atom stereocenters. The summed E-state index contributed by atoms with van der Waals surface area (Å²) < 4.78 is 0.934. The highest BCUT2D eigenvalue weighted by molar-refractivity contribution is 9.10. The molecule has 0 radical (unpaired) electrons. The number of thiazole rings is 1. The molecule has 1 aliphatic carbocycles. The van der Waals surface area contributed by atoms with Crippen molar-refractivity contribution in [1.82, 2.24) is 4.98 Å². The smallest absolute Gasteiger partial charge is 0.183 e. The molecule has 4 heteroatoms. The van der Waals surface area contributed by atoms with E-state index in [1.165, 1.54) is 25.7 Å². The van der Waals surface area contributed by atoms with Crippen LogP contribution in [0.3, 0.4) is 0 Å². The monoisotopic (exact) mass is 260 g/mol. The summed E-state index contributed by atoms with van der Waals surface area (Å²) in [6.07, 6.45) is 5.61. The first-order chi connectivity index (χ1) is 6.34. The van der Waals surface area contributed by atoms with Crippen molar-refractivity contribution in [2.75, 3.05) is 11.9 Å². The van der Waals surface area contributed by atoms with Gasteiger partial charge in [-0.15, -0.1) is 11.3 Å². The molecule has 2 rings (SSSR count). The molecular weight excluding hydrogens is 248 g/mol. The molecule has 1 N–H and O–H groups in total. The molecule has 72 valence electrons. The van der Waals surface area contributed by atoms with Gasteiger partial charge in [-0.25, -0.2) is 4.98 Å². The van der Waals surface area contributed by atoms with Crippen molar-refractivity contribution in [2.24, 2.45) is 5.92 Å². The van der Waals surface area contributed by atoms with Gasteiger partial charge in [0.2, 0.25) is 0 Å². The molecule has 0 aromatic carbocycles. The van der Waals surface area contributed by atoms with Crippen LogP contribution >= 0.6 is 27.3 Å². The first-order valence-electron chi connectivity index (χ1n) is 4.69. The average molecular weight is 261 g/mol. The van der Waals surface area contributed by atoms with E-state index in [-0.39, 0.29) is 0 Å². The second-order valence-corrected chi connectivity index (χ2v) is 5.16. The third kappa shape index (κ3) is 2.68. The quantitative estimate of drug-likeness (QED) is 0.897. The highest BCUT2D eigenvalue weighted by Gasteiger charge is 2.16. The van der Waals surface area contributed by atoms with Crippen LogP contribution in [-0.2, 0) is 0 Å². The molecule has 1 fully saturated rings. The van der Waals surface area contributed by atoms with E-state index in [0.717, 1.165) is 22.2 Å². The Morgan fingerprint density at radius 2 is 2.46 bits per heavy atom. The van der Waals surface area contributed by atoms with Crippen LogP contribution in [0.5, 0.6) is 0 Å². The molecule has 0 unspecified atom stereocenters. The van der Waals surface area contributed by atoms with E-state index in [2.05, 4.69) is 26.2 Å². The standard InChI is InChI=1S/C9H13BrN2S/c10-8-6-13-9(12-8)11-5-4-7-2-1-3-7/h6-7H,1-5H2,(H,11,12). The molecule has 13 heavy (non-hydrogen) atoms. The molecule has 1 heterocycles. The van der Waals surface area contributed by atoms with Gasteiger partial charge in [-0.05, 0) is 28.3 Å². The predicted octanol–water partition coefficient (Wildman–Crippen LogP) is 3.51. The van der Waals surface area contributed by atoms with Gasteiger partial charge in [-0.2, -0.15) is 0 Å². The van der Waals surface area contributed by atoms with Gasteiger partial charge in [0.05, 0.1) is 0 Å². The minimum absolute atomic E-state index is 0.934. The lowest BCUT2D eigenvalue weighted by atomic mass is 9.83. The largest absolute Gasteiger partial charge is 0.361 e. The molecule has 0 bridgehead atoms. The fourth-order valence-electron chi connectivity index (χ4n) is 1.50. The van der Waals surface area contributed by atoms with Crippen LogP contribution in [0.4, 0.5) is 5.13 Å². The maximum Gasteiger partial charge on any atom is 0.183 e. The number of anilines is 1. The van der Waals surface area contributed by atoms with E-state index in [4.69, 9.17) is 0 Å². The van der Waals surface area contributed by atoms with Crippen molar-refractivity contribution >= 4 is 32.4 Å². The van der Waals surface area contributed by atoms with Gasteiger partial charge in [0, 0.05) is 11.9 Å². The number of halogens is 1. The van der Waals surface area contributed by atoms with Crippen molar-refractivity contribution in [3.63, 3.8) is 0 Å². The third-order valence-electron chi connectivity index (χ3n) is 2.53. The van der Waals surface area contributed by atoms with E-state index in [1.54, 1.807) is 11.3 Å². The highest BCUT2D eigenvalue weighted by atomic mass is 79.9. The van der Waals surface area contributed by atoms with Gasteiger partial charge in [0.1, 0.15) is 4.60 Å². The second-order valence-electron chi connectivity index (χ2n) is 3.49. The van der Waals surface area contributed by atoms with Gasteiger partial charge < -0.3 is 5.32 Å². The summed E-state index contributed by atoms with van der Waals surface area (Å²) in [6.45, 7) is 1.07. The molecule has 1 aliphatic rings. The van der Waals surface area contributed by atoms with E-state index in [0.29, 0.717) is 0 Å². The van der Waals surface area contributed by atoms with E-state index < -0.39 is 0 Å². The number of rotatable bonds is 4. The Kier molecular flexibility index (Phi) is 3.22. The lowest BCUT2D eigenvalue weighted by molar-refractivity contribution is 0.303. The van der Waals surface area contributed by atoms with E-state index >= 15 is 0 Å². The van der Waals surface area contributed by atoms with E-state index in [1.807, 2.05) is 5.38 Å². The summed E-state index contributed by atoms with van der Waals surface area (Å²) in [7, 11) is 0. The zero-order valence-corrected chi connectivity index (χ0v) is 9.83. The van der Waals surface area contributed by atoms with Crippen molar-refractivity contribution in [3.05, 3.63) is 9.98 Å². The Balaban J connectivity index is 1.67. The summed E-state index contributed by atoms with van der Waals surface area (Å²) >= 11 is 4.99. The lowest BCUT2D eigenvalue weighted by Gasteiger charge is -2.24. The van der Waals surface area contributed by atoms with Crippen LogP contribution in [0.25, 0.3) is 0 Å². The van der Waals surface area contributed by atoms with E-state index in [9.17, 15) is 0 Å². The molecular formula is C9H13BrN2S. The fourth-order valence-corrected chi connectivity index (χ4v) is 2.67. The predicted molar refractivity (Wildman–Crippen MR) is 60.3 cm³/mol. The van der Waals surface area contributed by atoms with Crippen molar-refractivity contribution in [1.29, 1.82) is 0 Å². The topological polar surface area (TPSA) is 24.9 Å². The molecule has 1 aromatic rings. The van der Waals surface area contributed by atoms with Gasteiger partial charge in [0.25, 0.3) is 0 Å². The van der Waals surface area contributed by atoms with Gasteiger partial charge >= 0.3 is 0 Å². The van der Waals surface area contributed by atoms with Crippen molar-refractivity contribution < 1.29 is 0 Å².